The Hall–Kier alpha value is -1.45. The van der Waals surface area contributed by atoms with E-state index in [0.29, 0.717) is 38.2 Å². The standard InChI is InChI=1S/C25H33FN2O4S.2ClH/c1-4-32-23(30)16-27(3)13-11-19-15-28(14-12-22(19)33-17(2)29)24(25(31)18-9-10-18)20-7-5-6-8-21(20)26;;/h5-8,11,18,22,24H,4,9-10,12-16H2,1-3H3;2*1H/b19-11-;;. The number of benzene rings is 1. The molecule has 0 bridgehead atoms. The Morgan fingerprint density at radius 3 is 2.51 bits per heavy atom. The SMILES string of the molecule is CCOC(=O)CN(C)C/C=C1/CN(C(C(=O)C2CC2)c2ccccc2F)CCC1SC(C)=O.Cl.Cl. The number of halogens is 3. The van der Waals surface area contributed by atoms with Crippen molar-refractivity contribution >= 4 is 53.4 Å². The molecule has 0 radical (unpaired) electrons. The Morgan fingerprint density at radius 1 is 1.23 bits per heavy atom. The highest BCUT2D eigenvalue weighted by molar-refractivity contribution is 8.14. The van der Waals surface area contributed by atoms with Crippen molar-refractivity contribution in [3.8, 4) is 0 Å². The van der Waals surface area contributed by atoms with Gasteiger partial charge >= 0.3 is 5.97 Å². The van der Waals surface area contributed by atoms with Gasteiger partial charge in [-0.15, -0.1) is 24.8 Å². The van der Waals surface area contributed by atoms with Gasteiger partial charge in [0.25, 0.3) is 0 Å². The molecule has 2 atom stereocenters. The number of carbonyl (C=O) groups excluding carboxylic acids is 3. The highest BCUT2D eigenvalue weighted by Gasteiger charge is 2.41. The Morgan fingerprint density at radius 2 is 1.91 bits per heavy atom. The molecule has 1 heterocycles. The Bertz CT molecular complexity index is 913. The van der Waals surface area contributed by atoms with Gasteiger partial charge in [-0.05, 0) is 44.9 Å². The van der Waals surface area contributed by atoms with Crippen LogP contribution in [0, 0.1) is 11.7 Å². The second-order valence-corrected chi connectivity index (χ2v) is 10.1. The molecule has 35 heavy (non-hydrogen) atoms. The summed E-state index contributed by atoms with van der Waals surface area (Å²) < 4.78 is 19.7. The number of ketones is 1. The van der Waals surface area contributed by atoms with E-state index in [1.165, 1.54) is 17.8 Å². The molecule has 2 aliphatic rings. The van der Waals surface area contributed by atoms with Gasteiger partial charge in [0.2, 0.25) is 0 Å². The van der Waals surface area contributed by atoms with Gasteiger partial charge in [0.15, 0.2) is 10.9 Å². The molecule has 3 rings (SSSR count). The van der Waals surface area contributed by atoms with Crippen LogP contribution in [0.1, 0.15) is 44.7 Å². The molecule has 0 aromatic heterocycles. The van der Waals surface area contributed by atoms with Gasteiger partial charge in [0, 0.05) is 43.3 Å². The maximum Gasteiger partial charge on any atom is 0.320 e. The summed E-state index contributed by atoms with van der Waals surface area (Å²) in [4.78, 5) is 40.7. The molecule has 1 aliphatic heterocycles. The third-order valence-electron chi connectivity index (χ3n) is 5.97. The molecule has 196 valence electrons. The fraction of sp³-hybridized carbons (Fsp3) is 0.560. The monoisotopic (exact) mass is 548 g/mol. The largest absolute Gasteiger partial charge is 0.465 e. The van der Waals surface area contributed by atoms with Gasteiger partial charge in [0.05, 0.1) is 19.2 Å². The molecule has 10 heteroatoms. The molecular formula is C25H35Cl2FN2O4S. The summed E-state index contributed by atoms with van der Waals surface area (Å²) in [5.41, 5.74) is 1.45. The van der Waals surface area contributed by atoms with Gasteiger partial charge < -0.3 is 4.74 Å². The van der Waals surface area contributed by atoms with Crippen LogP contribution in [0.25, 0.3) is 0 Å². The highest BCUT2D eigenvalue weighted by atomic mass is 35.5. The number of Topliss-reactive ketones (excluding diaryl/α,β-unsaturated/α-hetero) is 1. The van der Waals surface area contributed by atoms with Crippen LogP contribution < -0.4 is 0 Å². The van der Waals surface area contributed by atoms with Gasteiger partial charge in [-0.2, -0.15) is 0 Å². The van der Waals surface area contributed by atoms with Gasteiger partial charge in [-0.25, -0.2) is 4.39 Å². The molecule has 0 N–H and O–H groups in total. The number of likely N-dealkylation sites (N-methyl/N-ethyl adjacent to an activating group) is 1. The summed E-state index contributed by atoms with van der Waals surface area (Å²) in [6, 6.07) is 5.89. The number of esters is 1. The molecule has 2 unspecified atom stereocenters. The minimum Gasteiger partial charge on any atom is -0.465 e. The molecule has 6 nitrogen and oxygen atoms in total. The topological polar surface area (TPSA) is 66.9 Å². The lowest BCUT2D eigenvalue weighted by Gasteiger charge is -2.38. The Balaban J connectivity index is 0.00000306. The second-order valence-electron chi connectivity index (χ2n) is 8.74. The van der Waals surface area contributed by atoms with E-state index in [0.717, 1.165) is 18.4 Å². The average molecular weight is 550 g/mol. The number of thioether (sulfide) groups is 1. The van der Waals surface area contributed by atoms with Gasteiger partial charge in [-0.3, -0.25) is 24.2 Å². The van der Waals surface area contributed by atoms with Crippen LogP contribution in [0.5, 0.6) is 0 Å². The molecule has 0 spiro atoms. The van der Waals surface area contributed by atoms with E-state index in [-0.39, 0.29) is 65.2 Å². The van der Waals surface area contributed by atoms with Gasteiger partial charge in [-0.1, -0.05) is 36.0 Å². The first-order valence-electron chi connectivity index (χ1n) is 11.5. The molecule has 1 aromatic rings. The smallest absolute Gasteiger partial charge is 0.320 e. The zero-order chi connectivity index (χ0) is 24.0. The van der Waals surface area contributed by atoms with Crippen molar-refractivity contribution in [2.75, 3.05) is 39.8 Å². The lowest BCUT2D eigenvalue weighted by Crippen LogP contribution is -2.43. The summed E-state index contributed by atoms with van der Waals surface area (Å²) in [5.74, 6) is -0.567. The Kier molecular flexibility index (Phi) is 13.5. The second kappa shape index (κ2) is 15.0. The zero-order valence-corrected chi connectivity index (χ0v) is 22.9. The normalized spacial score (nSPS) is 20.0. The van der Waals surface area contributed by atoms with Crippen LogP contribution in [0.4, 0.5) is 4.39 Å². The lowest BCUT2D eigenvalue weighted by molar-refractivity contribution is -0.144. The highest BCUT2D eigenvalue weighted by Crippen LogP contribution is 2.40. The number of hydrogen-bond donors (Lipinski definition) is 0. The average Bonchev–Trinajstić information content (AvgIpc) is 3.60. The quantitative estimate of drug-likeness (QED) is 0.315. The van der Waals surface area contributed by atoms with Crippen molar-refractivity contribution in [2.24, 2.45) is 5.92 Å². The summed E-state index contributed by atoms with van der Waals surface area (Å²) >= 11 is 1.29. The molecule has 0 amide bonds. The third kappa shape index (κ3) is 9.17. The minimum absolute atomic E-state index is 0. The molecule has 1 saturated heterocycles. The van der Waals surface area contributed by atoms with Crippen LogP contribution in [-0.4, -0.2) is 71.8 Å². The predicted molar refractivity (Wildman–Crippen MR) is 142 cm³/mol. The van der Waals surface area contributed by atoms with Crippen molar-refractivity contribution in [1.29, 1.82) is 0 Å². The number of carbonyl (C=O) groups is 3. The predicted octanol–water partition coefficient (Wildman–Crippen LogP) is 4.46. The number of piperidine rings is 1. The molecule has 2 fully saturated rings. The summed E-state index contributed by atoms with van der Waals surface area (Å²) in [5, 5.41) is 0.0472. The summed E-state index contributed by atoms with van der Waals surface area (Å²) in [6.07, 6.45) is 4.45. The van der Waals surface area contributed by atoms with Crippen LogP contribution >= 0.6 is 36.6 Å². The van der Waals surface area contributed by atoms with Crippen molar-refractivity contribution < 1.29 is 23.5 Å². The number of nitrogens with zero attached hydrogens (tertiary/aromatic N) is 2. The third-order valence-corrected chi connectivity index (χ3v) is 7.12. The van der Waals surface area contributed by atoms with Crippen molar-refractivity contribution in [1.82, 2.24) is 9.80 Å². The molecule has 1 saturated carbocycles. The lowest BCUT2D eigenvalue weighted by atomic mass is 9.93. The van der Waals surface area contributed by atoms with E-state index in [9.17, 15) is 18.8 Å². The van der Waals surface area contributed by atoms with Crippen LogP contribution in [0.2, 0.25) is 0 Å². The molecular weight excluding hydrogens is 514 g/mol. The number of likely N-dealkylation sites (tertiary alicyclic amines) is 1. The number of ether oxygens (including phenoxy) is 1. The summed E-state index contributed by atoms with van der Waals surface area (Å²) in [6.45, 7) is 5.44. The van der Waals surface area contributed by atoms with E-state index in [4.69, 9.17) is 4.74 Å². The van der Waals surface area contributed by atoms with Gasteiger partial charge in [0.1, 0.15) is 5.82 Å². The van der Waals surface area contributed by atoms with E-state index in [1.54, 1.807) is 32.0 Å². The Labute approximate surface area is 223 Å². The maximum atomic E-state index is 14.7. The zero-order valence-electron chi connectivity index (χ0n) is 20.4. The van der Waals surface area contributed by atoms with E-state index >= 15 is 0 Å². The summed E-state index contributed by atoms with van der Waals surface area (Å²) in [7, 11) is 1.83. The van der Waals surface area contributed by atoms with Crippen molar-refractivity contribution in [3.05, 3.63) is 47.3 Å². The molecule has 1 aromatic carbocycles. The van der Waals surface area contributed by atoms with E-state index in [2.05, 4.69) is 0 Å². The first kappa shape index (κ1) is 31.6. The van der Waals surface area contributed by atoms with Crippen molar-refractivity contribution in [2.45, 2.75) is 44.4 Å². The first-order chi connectivity index (χ1) is 15.8. The number of hydrogen-bond acceptors (Lipinski definition) is 7. The molecule has 1 aliphatic carbocycles. The van der Waals surface area contributed by atoms with Crippen LogP contribution in [-0.2, 0) is 19.1 Å². The van der Waals surface area contributed by atoms with Crippen LogP contribution in [0.3, 0.4) is 0 Å². The van der Waals surface area contributed by atoms with Crippen molar-refractivity contribution in [3.63, 3.8) is 0 Å². The van der Waals surface area contributed by atoms with Crippen LogP contribution in [0.15, 0.2) is 35.9 Å². The number of rotatable bonds is 10. The van der Waals surface area contributed by atoms with E-state index in [1.807, 2.05) is 22.9 Å². The minimum atomic E-state index is -0.623. The first-order valence-corrected chi connectivity index (χ1v) is 12.4. The van der Waals surface area contributed by atoms with E-state index < -0.39 is 6.04 Å². The fourth-order valence-electron chi connectivity index (χ4n) is 4.22. The maximum absolute atomic E-state index is 14.7. The fourth-order valence-corrected chi connectivity index (χ4v) is 5.16.